The molecule has 2 nitrogen and oxygen atoms in total. The standard InChI is InChI=1S/C5H11NO/c1-7-5-3-2-4-6-5/h5-6H,2-4H2,1H3/t5-/m1/s1. The zero-order valence-electron chi connectivity index (χ0n) is 4.61. The van der Waals surface area contributed by atoms with E-state index in [0.717, 1.165) is 6.54 Å². The topological polar surface area (TPSA) is 21.3 Å². The van der Waals surface area contributed by atoms with Crippen molar-refractivity contribution in [3.8, 4) is 0 Å². The molecule has 7 heavy (non-hydrogen) atoms. The summed E-state index contributed by atoms with van der Waals surface area (Å²) in [5.41, 5.74) is 0. The Kier molecular flexibility index (Phi) is 1.65. The van der Waals surface area contributed by atoms with Gasteiger partial charge in [-0.1, -0.05) is 0 Å². The molecule has 0 saturated carbocycles. The fourth-order valence-electron chi connectivity index (χ4n) is 0.854. The zero-order valence-corrected chi connectivity index (χ0v) is 4.61. The molecule has 1 aliphatic heterocycles. The summed E-state index contributed by atoms with van der Waals surface area (Å²) in [5.74, 6) is 0. The van der Waals surface area contributed by atoms with Crippen molar-refractivity contribution in [2.24, 2.45) is 0 Å². The molecule has 42 valence electrons. The first kappa shape index (κ1) is 5.06. The Bertz CT molecular complexity index is 50.0. The largest absolute Gasteiger partial charge is 0.367 e. The van der Waals surface area contributed by atoms with Crippen LogP contribution in [0.5, 0.6) is 0 Å². The van der Waals surface area contributed by atoms with Gasteiger partial charge >= 0.3 is 0 Å². The molecule has 0 aromatic heterocycles. The predicted octanol–water partition coefficient (Wildman–Crippen LogP) is 0.342. The lowest BCUT2D eigenvalue weighted by Crippen LogP contribution is -2.22. The van der Waals surface area contributed by atoms with Gasteiger partial charge in [-0.2, -0.15) is 0 Å². The highest BCUT2D eigenvalue weighted by Gasteiger charge is 2.10. The minimum atomic E-state index is 0.347. The third-order valence-corrected chi connectivity index (χ3v) is 1.30. The lowest BCUT2D eigenvalue weighted by molar-refractivity contribution is 0.0912. The quantitative estimate of drug-likeness (QED) is 0.514. The molecule has 1 rings (SSSR count). The summed E-state index contributed by atoms with van der Waals surface area (Å²) >= 11 is 0. The smallest absolute Gasteiger partial charge is 0.107 e. The third kappa shape index (κ3) is 1.14. The fraction of sp³-hybridized carbons (Fsp3) is 1.00. The van der Waals surface area contributed by atoms with Crippen LogP contribution in [-0.2, 0) is 4.74 Å². The van der Waals surface area contributed by atoms with E-state index in [1.165, 1.54) is 12.8 Å². The molecule has 1 N–H and O–H groups in total. The minimum absolute atomic E-state index is 0.347. The molecule has 1 fully saturated rings. The van der Waals surface area contributed by atoms with Crippen molar-refractivity contribution in [3.63, 3.8) is 0 Å². The molecule has 0 aromatic rings. The Balaban J connectivity index is 2.14. The van der Waals surface area contributed by atoms with E-state index in [4.69, 9.17) is 4.74 Å². The SMILES string of the molecule is CO[C@@H]1CCCN1. The van der Waals surface area contributed by atoms with E-state index in [9.17, 15) is 0 Å². The first-order valence-corrected chi connectivity index (χ1v) is 2.69. The highest BCUT2D eigenvalue weighted by atomic mass is 16.5. The van der Waals surface area contributed by atoms with Crippen molar-refractivity contribution < 1.29 is 4.74 Å². The molecule has 0 unspecified atom stereocenters. The molecule has 1 saturated heterocycles. The van der Waals surface area contributed by atoms with Gasteiger partial charge in [0.15, 0.2) is 0 Å². The highest BCUT2D eigenvalue weighted by Crippen LogP contribution is 2.03. The maximum absolute atomic E-state index is 5.00. The van der Waals surface area contributed by atoms with Gasteiger partial charge in [-0.25, -0.2) is 0 Å². The van der Waals surface area contributed by atoms with Gasteiger partial charge in [-0.15, -0.1) is 0 Å². The average Bonchev–Trinajstić information content (AvgIpc) is 2.14. The van der Waals surface area contributed by atoms with Gasteiger partial charge in [0.2, 0.25) is 0 Å². The van der Waals surface area contributed by atoms with E-state index in [2.05, 4.69) is 5.32 Å². The second kappa shape index (κ2) is 2.28. The highest BCUT2D eigenvalue weighted by molar-refractivity contribution is 4.63. The second-order valence-corrected chi connectivity index (χ2v) is 1.82. The van der Waals surface area contributed by atoms with Crippen molar-refractivity contribution >= 4 is 0 Å². The van der Waals surface area contributed by atoms with Crippen LogP contribution in [0.1, 0.15) is 12.8 Å². The van der Waals surface area contributed by atoms with E-state index < -0.39 is 0 Å². The minimum Gasteiger partial charge on any atom is -0.367 e. The van der Waals surface area contributed by atoms with Crippen molar-refractivity contribution in [1.82, 2.24) is 5.32 Å². The molecular weight excluding hydrogens is 90.1 g/mol. The van der Waals surface area contributed by atoms with Crippen LogP contribution >= 0.6 is 0 Å². The van der Waals surface area contributed by atoms with Crippen LogP contribution in [0.25, 0.3) is 0 Å². The number of nitrogens with one attached hydrogen (secondary N) is 1. The third-order valence-electron chi connectivity index (χ3n) is 1.30. The molecule has 0 bridgehead atoms. The van der Waals surface area contributed by atoms with Crippen LogP contribution in [0.2, 0.25) is 0 Å². The van der Waals surface area contributed by atoms with E-state index in [1.807, 2.05) is 0 Å². The van der Waals surface area contributed by atoms with Gasteiger partial charge in [0.05, 0.1) is 0 Å². The molecule has 0 spiro atoms. The van der Waals surface area contributed by atoms with Gasteiger partial charge in [-0.05, 0) is 19.4 Å². The van der Waals surface area contributed by atoms with Crippen LogP contribution < -0.4 is 5.32 Å². The second-order valence-electron chi connectivity index (χ2n) is 1.82. The van der Waals surface area contributed by atoms with Gasteiger partial charge < -0.3 is 4.74 Å². The Hall–Kier alpha value is -0.0800. The normalized spacial score (nSPS) is 31.3. The van der Waals surface area contributed by atoms with E-state index >= 15 is 0 Å². The maximum atomic E-state index is 5.00. The fourth-order valence-corrected chi connectivity index (χ4v) is 0.854. The molecule has 0 amide bonds. The number of hydrogen-bond acceptors (Lipinski definition) is 2. The van der Waals surface area contributed by atoms with E-state index in [0.29, 0.717) is 6.23 Å². The maximum Gasteiger partial charge on any atom is 0.107 e. The van der Waals surface area contributed by atoms with Crippen molar-refractivity contribution in [1.29, 1.82) is 0 Å². The number of hydrogen-bond donors (Lipinski definition) is 1. The van der Waals surface area contributed by atoms with Gasteiger partial charge in [0, 0.05) is 7.11 Å². The molecular formula is C5H11NO. The summed E-state index contributed by atoms with van der Waals surface area (Å²) in [6.45, 7) is 1.12. The van der Waals surface area contributed by atoms with Crippen LogP contribution in [0.3, 0.4) is 0 Å². The Labute approximate surface area is 43.9 Å². The zero-order chi connectivity index (χ0) is 5.11. The summed E-state index contributed by atoms with van der Waals surface area (Å²) in [5, 5.41) is 3.18. The van der Waals surface area contributed by atoms with Crippen LogP contribution in [0.15, 0.2) is 0 Å². The number of rotatable bonds is 1. The summed E-state index contributed by atoms with van der Waals surface area (Å²) < 4.78 is 5.00. The predicted molar refractivity (Wildman–Crippen MR) is 28.0 cm³/mol. The van der Waals surface area contributed by atoms with Crippen molar-refractivity contribution in [2.75, 3.05) is 13.7 Å². The summed E-state index contributed by atoms with van der Waals surface area (Å²) in [4.78, 5) is 0. The average molecular weight is 101 g/mol. The monoisotopic (exact) mass is 101 g/mol. The van der Waals surface area contributed by atoms with Crippen LogP contribution in [-0.4, -0.2) is 19.9 Å². The summed E-state index contributed by atoms with van der Waals surface area (Å²) in [7, 11) is 1.74. The number of methoxy groups -OCH3 is 1. The Morgan fingerprint density at radius 2 is 2.57 bits per heavy atom. The summed E-state index contributed by atoms with van der Waals surface area (Å²) in [6.07, 6.45) is 2.79. The van der Waals surface area contributed by atoms with Crippen LogP contribution in [0, 0.1) is 0 Å². The number of ether oxygens (including phenoxy) is 1. The molecule has 0 aliphatic carbocycles. The van der Waals surface area contributed by atoms with Crippen LogP contribution in [0.4, 0.5) is 0 Å². The van der Waals surface area contributed by atoms with Gasteiger partial charge in [0.1, 0.15) is 6.23 Å². The Morgan fingerprint density at radius 3 is 2.86 bits per heavy atom. The van der Waals surface area contributed by atoms with Gasteiger partial charge in [0.25, 0.3) is 0 Å². The lowest BCUT2D eigenvalue weighted by atomic mass is 10.4. The molecule has 1 heterocycles. The molecule has 1 aliphatic rings. The molecule has 0 aromatic carbocycles. The molecule has 0 radical (unpaired) electrons. The molecule has 2 heteroatoms. The molecule has 1 atom stereocenters. The first-order chi connectivity index (χ1) is 3.43. The van der Waals surface area contributed by atoms with E-state index in [1.54, 1.807) is 7.11 Å². The van der Waals surface area contributed by atoms with Crippen molar-refractivity contribution in [2.45, 2.75) is 19.1 Å². The van der Waals surface area contributed by atoms with E-state index in [-0.39, 0.29) is 0 Å². The summed E-state index contributed by atoms with van der Waals surface area (Å²) in [6, 6.07) is 0. The van der Waals surface area contributed by atoms with Crippen molar-refractivity contribution in [3.05, 3.63) is 0 Å². The Morgan fingerprint density at radius 1 is 1.71 bits per heavy atom. The van der Waals surface area contributed by atoms with Gasteiger partial charge in [-0.3, -0.25) is 5.32 Å². The lowest BCUT2D eigenvalue weighted by Gasteiger charge is -2.04. The first-order valence-electron chi connectivity index (χ1n) is 2.69.